The second kappa shape index (κ2) is 12.2. The van der Waals surface area contributed by atoms with Gasteiger partial charge in [0.05, 0.1) is 24.0 Å². The molecule has 45 heavy (non-hydrogen) atoms. The Hall–Kier alpha value is -5.58. The van der Waals surface area contributed by atoms with E-state index in [1.165, 1.54) is 28.0 Å². The number of nitrogens with zero attached hydrogens (tertiary/aromatic N) is 3. The Morgan fingerprint density at radius 1 is 0.756 bits per heavy atom. The normalized spacial score (nSPS) is 17.0. The molecule has 0 saturated heterocycles. The highest BCUT2D eigenvalue weighted by Gasteiger charge is 2.38. The van der Waals surface area contributed by atoms with Crippen LogP contribution in [0.25, 0.3) is 32.5 Å². The van der Waals surface area contributed by atoms with Crippen LogP contribution < -0.4 is 4.90 Å². The lowest BCUT2D eigenvalue weighted by Crippen LogP contribution is -2.37. The molecule has 5 aromatic rings. The molecule has 1 saturated carbocycles. The number of ether oxygens (including phenoxy) is 1. The van der Waals surface area contributed by atoms with E-state index in [1.807, 2.05) is 12.2 Å². The van der Waals surface area contributed by atoms with Crippen molar-refractivity contribution in [3.05, 3.63) is 155 Å². The third-order valence-corrected chi connectivity index (χ3v) is 9.06. The highest BCUT2D eigenvalue weighted by atomic mass is 16.5. The molecule has 218 valence electrons. The van der Waals surface area contributed by atoms with E-state index < -0.39 is 0 Å². The summed E-state index contributed by atoms with van der Waals surface area (Å²) in [4.78, 5) is 5.86. The van der Waals surface area contributed by atoms with Gasteiger partial charge in [-0.1, -0.05) is 97.4 Å². The lowest BCUT2D eigenvalue weighted by Gasteiger charge is -2.41. The van der Waals surface area contributed by atoms with Crippen LogP contribution in [0.15, 0.2) is 138 Å². The van der Waals surface area contributed by atoms with Crippen LogP contribution in [0.5, 0.6) is 0 Å². The van der Waals surface area contributed by atoms with Gasteiger partial charge in [-0.05, 0) is 84.0 Å². The number of hydrogen-bond donors (Lipinski definition) is 0. The van der Waals surface area contributed by atoms with Gasteiger partial charge in [0.25, 0.3) is 5.70 Å². The fourth-order valence-electron chi connectivity index (χ4n) is 6.89. The number of anilines is 3. The molecule has 0 aromatic heterocycles. The van der Waals surface area contributed by atoms with E-state index in [2.05, 4.69) is 131 Å². The molecule has 0 amide bonds. The van der Waals surface area contributed by atoms with Crippen LogP contribution >= 0.6 is 0 Å². The fourth-order valence-corrected chi connectivity index (χ4v) is 6.89. The van der Waals surface area contributed by atoms with Gasteiger partial charge in [0.2, 0.25) is 0 Å². The first-order valence-corrected chi connectivity index (χ1v) is 15.6. The first-order chi connectivity index (χ1) is 22.2. The molecule has 1 aliphatic carbocycles. The Bertz CT molecular complexity index is 1960. The Morgan fingerprint density at radius 3 is 1.96 bits per heavy atom. The van der Waals surface area contributed by atoms with Crippen LogP contribution in [0.2, 0.25) is 0 Å². The van der Waals surface area contributed by atoms with Crippen molar-refractivity contribution in [2.24, 2.45) is 0 Å². The summed E-state index contributed by atoms with van der Waals surface area (Å²) in [6.45, 7) is 7.52. The average Bonchev–Trinajstić information content (AvgIpc) is 3.09. The van der Waals surface area contributed by atoms with Crippen molar-refractivity contribution in [3.63, 3.8) is 0 Å². The molecular weight excluding hydrogens is 550 g/mol. The fraction of sp³-hybridized carbons (Fsp3) is 0.171. The Balaban J connectivity index is 1.27. The molecule has 5 aromatic carbocycles. The van der Waals surface area contributed by atoms with Crippen LogP contribution in [0.4, 0.5) is 17.1 Å². The molecule has 1 heterocycles. The summed E-state index contributed by atoms with van der Waals surface area (Å²) in [6.07, 6.45) is 11.9. The summed E-state index contributed by atoms with van der Waals surface area (Å²) >= 11 is 0. The maximum absolute atomic E-state index is 9.60. The molecule has 0 N–H and O–H groups in total. The predicted molar refractivity (Wildman–Crippen MR) is 184 cm³/mol. The monoisotopic (exact) mass is 583 g/mol. The zero-order valence-corrected chi connectivity index (χ0v) is 25.1. The Labute approximate surface area is 264 Å². The SMILES string of the molecule is [C-]#[N+]C(C#N)=C1C=C(C=Cc2ccc(N(c3cccc4ccccc34)c3cccc4ccccc34)cc2)OC2(CCCCC2)C1. The first-order valence-electron chi connectivity index (χ1n) is 15.6. The van der Waals surface area contributed by atoms with Crippen molar-refractivity contribution in [2.45, 2.75) is 44.1 Å². The van der Waals surface area contributed by atoms with Crippen molar-refractivity contribution in [2.75, 3.05) is 4.90 Å². The molecule has 4 heteroatoms. The Morgan fingerprint density at radius 2 is 1.36 bits per heavy atom. The standard InChI is InChI=1S/C41H33N3O/c1-43-38(29-42)33-27-35(45-41(28-33)25-7-2-8-26-41)24-21-30-19-22-34(23-20-30)44(39-17-9-13-31-11-3-5-15-36(31)39)40-18-10-14-32-12-4-6-16-37(32)40/h3-6,9-24,27H,2,7-8,25-26,28H2. The van der Waals surface area contributed by atoms with Gasteiger partial charge in [-0.3, -0.25) is 0 Å². The van der Waals surface area contributed by atoms with E-state index in [0.717, 1.165) is 53.9 Å². The Kier molecular flexibility index (Phi) is 7.64. The summed E-state index contributed by atoms with van der Waals surface area (Å²) in [5.74, 6) is 0.715. The van der Waals surface area contributed by atoms with Gasteiger partial charge in [0.15, 0.2) is 0 Å². The molecule has 1 aliphatic heterocycles. The van der Waals surface area contributed by atoms with Crippen LogP contribution in [-0.4, -0.2) is 5.60 Å². The molecule has 7 rings (SSSR count). The lowest BCUT2D eigenvalue weighted by molar-refractivity contribution is -0.0285. The zero-order chi connectivity index (χ0) is 30.6. The van der Waals surface area contributed by atoms with Crippen molar-refractivity contribution < 1.29 is 4.74 Å². The maximum Gasteiger partial charge on any atom is 0.265 e. The molecule has 4 nitrogen and oxygen atoms in total. The van der Waals surface area contributed by atoms with Crippen molar-refractivity contribution in [1.29, 1.82) is 5.26 Å². The van der Waals surface area contributed by atoms with Gasteiger partial charge in [-0.15, -0.1) is 0 Å². The highest BCUT2D eigenvalue weighted by molar-refractivity contribution is 6.04. The summed E-state index contributed by atoms with van der Waals surface area (Å²) in [7, 11) is 0. The smallest absolute Gasteiger partial charge is 0.265 e. The van der Waals surface area contributed by atoms with E-state index >= 15 is 0 Å². The number of rotatable bonds is 5. The minimum Gasteiger partial charge on any atom is -0.487 e. The maximum atomic E-state index is 9.60. The minimum absolute atomic E-state index is 0.167. The van der Waals surface area contributed by atoms with E-state index in [4.69, 9.17) is 11.3 Å². The van der Waals surface area contributed by atoms with Crippen LogP contribution in [0, 0.1) is 17.9 Å². The highest BCUT2D eigenvalue weighted by Crippen LogP contribution is 2.44. The largest absolute Gasteiger partial charge is 0.487 e. The van der Waals surface area contributed by atoms with Gasteiger partial charge in [-0.2, -0.15) is 0 Å². The average molecular weight is 584 g/mol. The summed E-state index contributed by atoms with van der Waals surface area (Å²) < 4.78 is 6.59. The summed E-state index contributed by atoms with van der Waals surface area (Å²) in [5.41, 5.74) is 4.98. The zero-order valence-electron chi connectivity index (χ0n) is 25.1. The first kappa shape index (κ1) is 28.2. The summed E-state index contributed by atoms with van der Waals surface area (Å²) in [5, 5.41) is 14.4. The van der Waals surface area contributed by atoms with Crippen molar-refractivity contribution in [1.82, 2.24) is 0 Å². The van der Waals surface area contributed by atoms with Gasteiger partial charge < -0.3 is 9.64 Å². The number of benzene rings is 5. The van der Waals surface area contributed by atoms with E-state index in [1.54, 1.807) is 0 Å². The number of nitriles is 1. The molecule has 1 fully saturated rings. The van der Waals surface area contributed by atoms with Gasteiger partial charge in [-0.25, -0.2) is 10.1 Å². The molecule has 1 spiro atoms. The number of hydrogen-bond acceptors (Lipinski definition) is 3. The number of allylic oxidation sites excluding steroid dienone is 3. The lowest BCUT2D eigenvalue weighted by atomic mass is 9.78. The second-order valence-corrected chi connectivity index (χ2v) is 11.9. The molecule has 0 atom stereocenters. The second-order valence-electron chi connectivity index (χ2n) is 11.9. The van der Waals surface area contributed by atoms with Gasteiger partial charge >= 0.3 is 0 Å². The molecule has 0 bridgehead atoms. The summed E-state index contributed by atoms with van der Waals surface area (Å²) in [6, 6.07) is 40.7. The van der Waals surface area contributed by atoms with Gasteiger partial charge in [0, 0.05) is 22.9 Å². The minimum atomic E-state index is -0.323. The van der Waals surface area contributed by atoms with Crippen molar-refractivity contribution in [3.8, 4) is 6.07 Å². The molecule has 2 aliphatic rings. The molecular formula is C41H33N3O. The van der Waals surface area contributed by atoms with Crippen LogP contribution in [0.1, 0.15) is 44.1 Å². The van der Waals surface area contributed by atoms with E-state index in [0.29, 0.717) is 12.2 Å². The van der Waals surface area contributed by atoms with Crippen LogP contribution in [-0.2, 0) is 4.74 Å². The predicted octanol–water partition coefficient (Wildman–Crippen LogP) is 11.2. The molecule has 0 radical (unpaired) electrons. The third-order valence-electron chi connectivity index (χ3n) is 9.06. The molecule has 0 unspecified atom stereocenters. The van der Waals surface area contributed by atoms with E-state index in [-0.39, 0.29) is 11.3 Å². The topological polar surface area (TPSA) is 40.6 Å². The number of fused-ring (bicyclic) bond motifs is 2. The quantitative estimate of drug-likeness (QED) is 0.153. The van der Waals surface area contributed by atoms with Gasteiger partial charge in [0.1, 0.15) is 11.4 Å². The van der Waals surface area contributed by atoms with Crippen LogP contribution in [0.3, 0.4) is 0 Å². The third kappa shape index (κ3) is 5.60. The van der Waals surface area contributed by atoms with E-state index in [9.17, 15) is 5.26 Å². The van der Waals surface area contributed by atoms with Crippen molar-refractivity contribution >= 4 is 44.7 Å².